The maximum absolute atomic E-state index is 12.1. The van der Waals surface area contributed by atoms with Crippen LogP contribution in [0.3, 0.4) is 0 Å². The van der Waals surface area contributed by atoms with Gasteiger partial charge < -0.3 is 14.5 Å². The Bertz CT molecular complexity index is 862. The number of pyridine rings is 1. The molecule has 1 amide bonds. The highest BCUT2D eigenvalue weighted by Crippen LogP contribution is 2.24. The number of benzene rings is 1. The number of hydrogen-bond donors (Lipinski definition) is 1. The molecule has 1 N–H and O–H groups in total. The van der Waals surface area contributed by atoms with Crippen molar-refractivity contribution in [1.29, 1.82) is 0 Å². The van der Waals surface area contributed by atoms with Crippen molar-refractivity contribution in [2.45, 2.75) is 32.8 Å². The molecule has 3 aromatic rings. The van der Waals surface area contributed by atoms with Crippen molar-refractivity contribution in [3.63, 3.8) is 0 Å². The molecule has 26 heavy (non-hydrogen) atoms. The molecule has 134 valence electrons. The summed E-state index contributed by atoms with van der Waals surface area (Å²) in [6, 6.07) is 16.7. The number of nitrogens with zero attached hydrogens (tertiary/aromatic N) is 1. The molecule has 0 aliphatic carbocycles. The van der Waals surface area contributed by atoms with Crippen LogP contribution < -0.4 is 10.1 Å². The lowest BCUT2D eigenvalue weighted by Crippen LogP contribution is -2.11. The van der Waals surface area contributed by atoms with Gasteiger partial charge in [-0.3, -0.25) is 4.79 Å². The molecule has 0 aliphatic heterocycles. The van der Waals surface area contributed by atoms with Gasteiger partial charge >= 0.3 is 0 Å². The molecular formula is C21H22N2O3. The van der Waals surface area contributed by atoms with Crippen LogP contribution in [0.15, 0.2) is 65.2 Å². The summed E-state index contributed by atoms with van der Waals surface area (Å²) in [5, 5.41) is 2.68. The zero-order chi connectivity index (χ0) is 18.6. The summed E-state index contributed by atoms with van der Waals surface area (Å²) in [5.41, 5.74) is 1.35. The minimum atomic E-state index is -0.343. The number of aromatic nitrogens is 1. The van der Waals surface area contributed by atoms with Gasteiger partial charge in [0, 0.05) is 6.20 Å². The fourth-order valence-electron chi connectivity index (χ4n) is 2.40. The molecule has 5 heteroatoms. The van der Waals surface area contributed by atoms with Crippen LogP contribution in [0.25, 0.3) is 0 Å². The van der Waals surface area contributed by atoms with Crippen molar-refractivity contribution in [2.75, 3.05) is 5.32 Å². The number of amides is 1. The second-order valence-corrected chi connectivity index (χ2v) is 7.00. The van der Waals surface area contributed by atoms with Gasteiger partial charge in [0.15, 0.2) is 5.76 Å². The molecular weight excluding hydrogens is 328 g/mol. The predicted octanol–water partition coefficient (Wildman–Crippen LogP) is 4.80. The van der Waals surface area contributed by atoms with Crippen molar-refractivity contribution in [1.82, 2.24) is 4.98 Å². The first-order valence-corrected chi connectivity index (χ1v) is 8.46. The van der Waals surface area contributed by atoms with E-state index >= 15 is 0 Å². The molecule has 0 aliphatic rings. The highest BCUT2D eigenvalue weighted by atomic mass is 16.5. The smallest absolute Gasteiger partial charge is 0.292 e. The van der Waals surface area contributed by atoms with Gasteiger partial charge in [-0.1, -0.05) is 39.0 Å². The van der Waals surface area contributed by atoms with Crippen molar-refractivity contribution in [3.8, 4) is 5.75 Å². The average Bonchev–Trinajstić information content (AvgIpc) is 3.10. The minimum Gasteiger partial charge on any atom is -0.486 e. The first-order chi connectivity index (χ1) is 12.4. The first-order valence-electron chi connectivity index (χ1n) is 8.46. The Kier molecular flexibility index (Phi) is 5.07. The maximum Gasteiger partial charge on any atom is 0.292 e. The summed E-state index contributed by atoms with van der Waals surface area (Å²) in [6.07, 6.45) is 1.61. The van der Waals surface area contributed by atoms with E-state index in [1.807, 2.05) is 12.1 Å². The molecule has 0 saturated carbocycles. The molecule has 0 bridgehead atoms. The summed E-state index contributed by atoms with van der Waals surface area (Å²) < 4.78 is 11.3. The van der Waals surface area contributed by atoms with Crippen LogP contribution >= 0.6 is 0 Å². The van der Waals surface area contributed by atoms with Gasteiger partial charge in [0.05, 0.1) is 0 Å². The number of furan rings is 1. The zero-order valence-corrected chi connectivity index (χ0v) is 15.2. The predicted molar refractivity (Wildman–Crippen MR) is 100 cm³/mol. The fraction of sp³-hybridized carbons (Fsp3) is 0.238. The van der Waals surface area contributed by atoms with Crippen molar-refractivity contribution >= 4 is 11.7 Å². The summed E-state index contributed by atoms with van der Waals surface area (Å²) in [4.78, 5) is 16.2. The highest BCUT2D eigenvalue weighted by molar-refractivity contribution is 6.01. The van der Waals surface area contributed by atoms with Crippen LogP contribution in [0.4, 0.5) is 5.82 Å². The largest absolute Gasteiger partial charge is 0.486 e. The summed E-state index contributed by atoms with van der Waals surface area (Å²) in [5.74, 6) is 1.69. The van der Waals surface area contributed by atoms with Crippen molar-refractivity contribution in [3.05, 3.63) is 77.9 Å². The van der Waals surface area contributed by atoms with Crippen LogP contribution in [-0.4, -0.2) is 10.9 Å². The Labute approximate surface area is 153 Å². The molecule has 0 saturated heterocycles. The van der Waals surface area contributed by atoms with Gasteiger partial charge in [0.25, 0.3) is 5.91 Å². The normalized spacial score (nSPS) is 11.2. The quantitative estimate of drug-likeness (QED) is 0.717. The summed E-state index contributed by atoms with van der Waals surface area (Å²) in [7, 11) is 0. The Morgan fingerprint density at radius 2 is 1.85 bits per heavy atom. The van der Waals surface area contributed by atoms with E-state index in [9.17, 15) is 4.79 Å². The van der Waals surface area contributed by atoms with Gasteiger partial charge in [-0.25, -0.2) is 4.98 Å². The third-order valence-electron chi connectivity index (χ3n) is 3.89. The summed E-state index contributed by atoms with van der Waals surface area (Å²) in [6.45, 7) is 6.77. The van der Waals surface area contributed by atoms with Gasteiger partial charge in [-0.2, -0.15) is 0 Å². The third kappa shape index (κ3) is 4.51. The van der Waals surface area contributed by atoms with E-state index in [1.54, 1.807) is 36.5 Å². The standard InChI is InChI=1S/C21H22N2O3/c1-21(2,3)15-7-9-16(10-8-15)25-14-17-11-12-18(26-17)20(24)23-19-6-4-5-13-22-19/h4-13H,14H2,1-3H3,(H,22,23,24). The van der Waals surface area contributed by atoms with E-state index in [0.717, 1.165) is 5.75 Å². The Morgan fingerprint density at radius 1 is 1.08 bits per heavy atom. The number of carbonyl (C=O) groups is 1. The number of ether oxygens (including phenoxy) is 1. The van der Waals surface area contributed by atoms with E-state index in [2.05, 4.69) is 43.2 Å². The van der Waals surface area contributed by atoms with Crippen molar-refractivity contribution < 1.29 is 13.9 Å². The van der Waals surface area contributed by atoms with Crippen LogP contribution in [0.5, 0.6) is 5.75 Å². The van der Waals surface area contributed by atoms with E-state index < -0.39 is 0 Å². The molecule has 3 rings (SSSR count). The summed E-state index contributed by atoms with van der Waals surface area (Å²) >= 11 is 0. The minimum absolute atomic E-state index is 0.107. The number of carbonyl (C=O) groups excluding carboxylic acids is 1. The molecule has 1 aromatic carbocycles. The molecule has 0 atom stereocenters. The highest BCUT2D eigenvalue weighted by Gasteiger charge is 2.14. The van der Waals surface area contributed by atoms with Crippen LogP contribution in [-0.2, 0) is 12.0 Å². The maximum atomic E-state index is 12.1. The zero-order valence-electron chi connectivity index (χ0n) is 15.2. The van der Waals surface area contributed by atoms with Crippen LogP contribution in [0.2, 0.25) is 0 Å². The van der Waals surface area contributed by atoms with Gasteiger partial charge in [-0.15, -0.1) is 0 Å². The van der Waals surface area contributed by atoms with E-state index in [1.165, 1.54) is 5.56 Å². The number of rotatable bonds is 5. The first kappa shape index (κ1) is 17.7. The van der Waals surface area contributed by atoms with Gasteiger partial charge in [0.1, 0.15) is 23.9 Å². The van der Waals surface area contributed by atoms with E-state index in [-0.39, 0.29) is 23.7 Å². The molecule has 2 aromatic heterocycles. The molecule has 0 fully saturated rings. The lowest BCUT2D eigenvalue weighted by atomic mass is 9.87. The molecule has 0 unspecified atom stereocenters. The van der Waals surface area contributed by atoms with E-state index in [0.29, 0.717) is 11.6 Å². The lowest BCUT2D eigenvalue weighted by Gasteiger charge is -2.19. The molecule has 0 spiro atoms. The average molecular weight is 350 g/mol. The SMILES string of the molecule is CC(C)(C)c1ccc(OCc2ccc(C(=O)Nc3ccccn3)o2)cc1. The number of hydrogen-bond acceptors (Lipinski definition) is 4. The molecule has 0 radical (unpaired) electrons. The fourth-order valence-corrected chi connectivity index (χ4v) is 2.40. The second kappa shape index (κ2) is 7.44. The number of anilines is 1. The Hall–Kier alpha value is -3.08. The van der Waals surface area contributed by atoms with Crippen LogP contribution in [0.1, 0.15) is 42.6 Å². The van der Waals surface area contributed by atoms with Gasteiger partial charge in [-0.05, 0) is 47.4 Å². The van der Waals surface area contributed by atoms with E-state index in [4.69, 9.17) is 9.15 Å². The topological polar surface area (TPSA) is 64.4 Å². The Balaban J connectivity index is 1.57. The Morgan fingerprint density at radius 3 is 2.50 bits per heavy atom. The second-order valence-electron chi connectivity index (χ2n) is 7.00. The number of nitrogens with one attached hydrogen (secondary N) is 1. The van der Waals surface area contributed by atoms with Crippen LogP contribution in [0, 0.1) is 0 Å². The lowest BCUT2D eigenvalue weighted by molar-refractivity contribution is 0.0992. The van der Waals surface area contributed by atoms with Crippen molar-refractivity contribution in [2.24, 2.45) is 0 Å². The molecule has 5 nitrogen and oxygen atoms in total. The monoisotopic (exact) mass is 350 g/mol. The van der Waals surface area contributed by atoms with Gasteiger partial charge in [0.2, 0.25) is 0 Å². The molecule has 2 heterocycles. The third-order valence-corrected chi connectivity index (χ3v) is 3.89.